The summed E-state index contributed by atoms with van der Waals surface area (Å²) in [6.45, 7) is -0.607. The third-order valence-electron chi connectivity index (χ3n) is 8.24. The molecule has 16 nitrogen and oxygen atoms in total. The van der Waals surface area contributed by atoms with Crippen LogP contribution < -0.4 is 5.32 Å². The predicted molar refractivity (Wildman–Crippen MR) is 197 cm³/mol. The van der Waals surface area contributed by atoms with Gasteiger partial charge in [-0.25, -0.2) is 0 Å². The number of nitrogens with one attached hydrogen (secondary N) is 1. The molecule has 16 heteroatoms. The van der Waals surface area contributed by atoms with E-state index < -0.39 is 69.1 Å². The number of amides is 1. The van der Waals surface area contributed by atoms with Gasteiger partial charge in [-0.3, -0.25) is 4.79 Å². The summed E-state index contributed by atoms with van der Waals surface area (Å²) in [5.74, 6) is -0.187. The van der Waals surface area contributed by atoms with Crippen molar-refractivity contribution in [3.8, 4) is 0 Å². The van der Waals surface area contributed by atoms with E-state index in [9.17, 15) is 25.2 Å². The van der Waals surface area contributed by atoms with Gasteiger partial charge in [0.25, 0.3) is 0 Å². The van der Waals surface area contributed by atoms with Crippen LogP contribution in [0.3, 0.4) is 0 Å². The molecule has 318 valence electrons. The van der Waals surface area contributed by atoms with Crippen LogP contribution in [0.2, 0.25) is 0 Å². The minimum atomic E-state index is -1.09. The number of aliphatic hydroxyl groups is 8. The number of hydrogen-bond donors (Lipinski definition) is 9. The van der Waals surface area contributed by atoms with Crippen molar-refractivity contribution in [2.24, 2.45) is 0 Å². The second kappa shape index (κ2) is 37.8. The number of ether oxygens (including phenoxy) is 6. The lowest BCUT2D eigenvalue weighted by Crippen LogP contribution is -2.45. The van der Waals surface area contributed by atoms with E-state index in [0.29, 0.717) is 6.42 Å². The van der Waals surface area contributed by atoms with Crippen molar-refractivity contribution < 1.29 is 74.1 Å². The molecule has 1 amide bonds. The van der Waals surface area contributed by atoms with E-state index in [0.717, 1.165) is 25.7 Å². The second-order valence-corrected chi connectivity index (χ2v) is 13.7. The molecule has 0 aliphatic carbocycles. The highest BCUT2D eigenvalue weighted by molar-refractivity contribution is 5.76. The molecule has 4 unspecified atom stereocenters. The molecular formula is C37H75NO15. The lowest BCUT2D eigenvalue weighted by atomic mass is 10.0. The summed E-state index contributed by atoms with van der Waals surface area (Å²) in [7, 11) is 0. The van der Waals surface area contributed by atoms with E-state index >= 15 is 0 Å². The molecular weight excluding hydrogens is 698 g/mol. The molecule has 0 saturated carbocycles. The average molecular weight is 774 g/mol. The van der Waals surface area contributed by atoms with Crippen LogP contribution in [0.1, 0.15) is 96.8 Å². The van der Waals surface area contributed by atoms with Crippen molar-refractivity contribution in [2.45, 2.75) is 139 Å². The number of hydrogen-bond acceptors (Lipinski definition) is 15. The van der Waals surface area contributed by atoms with Gasteiger partial charge in [0, 0.05) is 6.42 Å². The summed E-state index contributed by atoms with van der Waals surface area (Å²) < 4.78 is 33.9. The Hall–Kier alpha value is -1.09. The first-order valence-electron chi connectivity index (χ1n) is 19.7. The molecule has 0 aromatic rings. The topological polar surface area (TPSA) is 246 Å². The van der Waals surface area contributed by atoms with Crippen LogP contribution in [0.15, 0.2) is 0 Å². The molecule has 0 bridgehead atoms. The minimum Gasteiger partial charge on any atom is -0.394 e. The van der Waals surface area contributed by atoms with Gasteiger partial charge < -0.3 is 74.6 Å². The van der Waals surface area contributed by atoms with E-state index in [1.807, 2.05) is 0 Å². The maximum atomic E-state index is 13.0. The first-order chi connectivity index (χ1) is 25.7. The van der Waals surface area contributed by atoms with Crippen LogP contribution in [0, 0.1) is 0 Å². The van der Waals surface area contributed by atoms with E-state index in [1.165, 1.54) is 57.8 Å². The minimum absolute atomic E-state index is 0.0442. The largest absolute Gasteiger partial charge is 0.394 e. The molecule has 0 radical (unpaired) electrons. The fourth-order valence-electron chi connectivity index (χ4n) is 5.08. The zero-order valence-electron chi connectivity index (χ0n) is 32.3. The lowest BCUT2D eigenvalue weighted by Gasteiger charge is -2.26. The van der Waals surface area contributed by atoms with E-state index in [2.05, 4.69) is 12.2 Å². The Morgan fingerprint density at radius 2 is 0.755 bits per heavy atom. The Kier molecular flexibility index (Phi) is 37.0. The van der Waals surface area contributed by atoms with Crippen LogP contribution in [-0.2, 0) is 33.2 Å². The van der Waals surface area contributed by atoms with Crippen molar-refractivity contribution in [3.05, 3.63) is 0 Å². The molecule has 53 heavy (non-hydrogen) atoms. The molecule has 0 spiro atoms. The summed E-state index contributed by atoms with van der Waals surface area (Å²) >= 11 is 0. The van der Waals surface area contributed by atoms with E-state index in [1.54, 1.807) is 0 Å². The molecule has 0 fully saturated rings. The van der Waals surface area contributed by atoms with Gasteiger partial charge in [0.2, 0.25) is 5.91 Å². The van der Waals surface area contributed by atoms with Gasteiger partial charge in [0.15, 0.2) is 0 Å². The number of aliphatic hydroxyl groups excluding tert-OH is 8. The SMILES string of the molecule is CCCCCCCCCCCCCCCC(=O)NC(COC(COCC(O)CO)COCC(O)CO)COC(COCC(O)CO)COCC(O)CO. The molecule has 9 N–H and O–H groups in total. The smallest absolute Gasteiger partial charge is 0.220 e. The monoisotopic (exact) mass is 774 g/mol. The van der Waals surface area contributed by atoms with Gasteiger partial charge in [-0.15, -0.1) is 0 Å². The van der Waals surface area contributed by atoms with Crippen molar-refractivity contribution in [1.82, 2.24) is 5.32 Å². The maximum absolute atomic E-state index is 13.0. The molecule has 0 rings (SSSR count). The fraction of sp³-hybridized carbons (Fsp3) is 0.973. The Bertz CT molecular complexity index is 715. The van der Waals surface area contributed by atoms with Crippen LogP contribution in [0.5, 0.6) is 0 Å². The molecule has 0 saturated heterocycles. The molecule has 0 aromatic carbocycles. The Morgan fingerprint density at radius 3 is 1.06 bits per heavy atom. The third kappa shape index (κ3) is 33.9. The first-order valence-corrected chi connectivity index (χ1v) is 19.7. The van der Waals surface area contributed by atoms with Gasteiger partial charge >= 0.3 is 0 Å². The van der Waals surface area contributed by atoms with Gasteiger partial charge in [-0.2, -0.15) is 0 Å². The van der Waals surface area contributed by atoms with E-state index in [-0.39, 0.29) is 72.0 Å². The molecule has 0 aromatic heterocycles. The van der Waals surface area contributed by atoms with Crippen molar-refractivity contribution in [3.63, 3.8) is 0 Å². The van der Waals surface area contributed by atoms with Gasteiger partial charge in [-0.1, -0.05) is 84.0 Å². The number of rotatable bonds is 41. The van der Waals surface area contributed by atoms with Gasteiger partial charge in [0.1, 0.15) is 36.6 Å². The third-order valence-corrected chi connectivity index (χ3v) is 8.24. The Balaban J connectivity index is 5.21. The van der Waals surface area contributed by atoms with Gasteiger partial charge in [-0.05, 0) is 6.42 Å². The fourth-order valence-corrected chi connectivity index (χ4v) is 5.08. The molecule has 0 aliphatic rings. The van der Waals surface area contributed by atoms with Crippen LogP contribution in [0.25, 0.3) is 0 Å². The van der Waals surface area contributed by atoms with Crippen LogP contribution >= 0.6 is 0 Å². The second-order valence-electron chi connectivity index (χ2n) is 13.7. The summed E-state index contributed by atoms with van der Waals surface area (Å²) in [4.78, 5) is 13.0. The summed E-state index contributed by atoms with van der Waals surface area (Å²) in [6, 6.07) is -0.661. The number of unbranched alkanes of at least 4 members (excludes halogenated alkanes) is 12. The number of carbonyl (C=O) groups excluding carboxylic acids is 1. The summed E-state index contributed by atoms with van der Waals surface area (Å²) in [6.07, 6.45) is 10.1. The Labute approximate surface area is 317 Å². The number of carbonyl (C=O) groups is 1. The Morgan fingerprint density at radius 1 is 0.453 bits per heavy atom. The van der Waals surface area contributed by atoms with Crippen LogP contribution in [-0.4, -0.2) is 182 Å². The summed E-state index contributed by atoms with van der Waals surface area (Å²) in [5, 5.41) is 77.9. The highest BCUT2D eigenvalue weighted by Gasteiger charge is 2.21. The maximum Gasteiger partial charge on any atom is 0.220 e. The normalized spacial score (nSPS) is 15.9. The predicted octanol–water partition coefficient (Wildman–Crippen LogP) is 0.202. The zero-order chi connectivity index (χ0) is 39.4. The highest BCUT2D eigenvalue weighted by atomic mass is 16.6. The highest BCUT2D eigenvalue weighted by Crippen LogP contribution is 2.13. The molecule has 4 atom stereocenters. The van der Waals surface area contributed by atoms with Crippen molar-refractivity contribution in [2.75, 3.05) is 92.5 Å². The van der Waals surface area contributed by atoms with Crippen molar-refractivity contribution >= 4 is 5.91 Å². The molecule has 0 heterocycles. The summed E-state index contributed by atoms with van der Waals surface area (Å²) in [5.41, 5.74) is 0. The standard InChI is InChI=1S/C37H75NO15/c1-2-3-4-5-6-7-8-9-10-11-12-13-14-15-37(47)38-30(20-52-35(26-48-22-31(43)16-39)27-49-23-32(44)17-40)21-53-36(28-50-24-33(45)18-41)29-51-25-34(46)19-42/h30-36,39-46H,2-29H2,1H3,(H,38,47). The van der Waals surface area contributed by atoms with Gasteiger partial charge in [0.05, 0.1) is 98.5 Å². The first kappa shape index (κ1) is 51.9. The van der Waals surface area contributed by atoms with Crippen LogP contribution in [0.4, 0.5) is 0 Å². The molecule has 0 aliphatic heterocycles. The average Bonchev–Trinajstić information content (AvgIpc) is 3.16. The van der Waals surface area contributed by atoms with E-state index in [4.69, 9.17) is 48.8 Å². The quantitative estimate of drug-likeness (QED) is 0.0377. The lowest BCUT2D eigenvalue weighted by molar-refractivity contribution is -0.127. The van der Waals surface area contributed by atoms with Crippen molar-refractivity contribution in [1.29, 1.82) is 0 Å². The zero-order valence-corrected chi connectivity index (χ0v) is 32.3.